The molecule has 0 bridgehead atoms. The number of piperidine rings is 1. The van der Waals surface area contributed by atoms with Crippen molar-refractivity contribution < 1.29 is 9.59 Å². The number of hydrogen-bond acceptors (Lipinski definition) is 2. The lowest BCUT2D eigenvalue weighted by molar-refractivity contribution is -0.121. The number of nitrogens with one attached hydrogen (secondary N) is 2. The van der Waals surface area contributed by atoms with Gasteiger partial charge in [0.05, 0.1) is 0 Å². The standard InChI is InChI=1S/C19H25N3O2/c1-2-6-18(23)20-12-14-7-5-10-22(13-14)19(24)17-11-15-8-3-4-9-16(15)21-17/h3-4,8-9,11,14,21H,2,5-7,10,12-13H2,1H3,(H,20,23)/t14-/m0/s1. The van der Waals surface area contributed by atoms with Gasteiger partial charge in [0.2, 0.25) is 5.91 Å². The number of aromatic nitrogens is 1. The molecule has 1 atom stereocenters. The fourth-order valence-electron chi connectivity index (χ4n) is 3.35. The number of amides is 2. The van der Waals surface area contributed by atoms with Crippen molar-refractivity contribution in [1.82, 2.24) is 15.2 Å². The zero-order chi connectivity index (χ0) is 16.9. The molecule has 5 nitrogen and oxygen atoms in total. The summed E-state index contributed by atoms with van der Waals surface area (Å²) in [5.41, 5.74) is 1.63. The summed E-state index contributed by atoms with van der Waals surface area (Å²) in [6, 6.07) is 9.84. The Morgan fingerprint density at radius 1 is 1.33 bits per heavy atom. The zero-order valence-corrected chi connectivity index (χ0v) is 14.2. The van der Waals surface area contributed by atoms with Crippen LogP contribution >= 0.6 is 0 Å². The second-order valence-corrected chi connectivity index (χ2v) is 6.58. The Kier molecular flexibility index (Phi) is 5.18. The van der Waals surface area contributed by atoms with Crippen LogP contribution in [0.25, 0.3) is 10.9 Å². The van der Waals surface area contributed by atoms with Crippen LogP contribution in [0.15, 0.2) is 30.3 Å². The van der Waals surface area contributed by atoms with Gasteiger partial charge < -0.3 is 15.2 Å². The Balaban J connectivity index is 1.61. The first-order valence-electron chi connectivity index (χ1n) is 8.81. The molecule has 5 heteroatoms. The molecule has 1 saturated heterocycles. The first kappa shape index (κ1) is 16.6. The number of benzene rings is 1. The predicted molar refractivity (Wildman–Crippen MR) is 94.8 cm³/mol. The van der Waals surface area contributed by atoms with Crippen LogP contribution < -0.4 is 5.32 Å². The average Bonchev–Trinajstić information content (AvgIpc) is 3.04. The molecule has 1 fully saturated rings. The smallest absolute Gasteiger partial charge is 0.270 e. The SMILES string of the molecule is CCCC(=O)NC[C@@H]1CCCN(C(=O)c2cc3ccccc3[nH]2)C1. The second kappa shape index (κ2) is 7.51. The van der Waals surface area contributed by atoms with Crippen LogP contribution in [0.4, 0.5) is 0 Å². The van der Waals surface area contributed by atoms with Crippen molar-refractivity contribution >= 4 is 22.7 Å². The van der Waals surface area contributed by atoms with Crippen molar-refractivity contribution in [2.45, 2.75) is 32.6 Å². The number of carbonyl (C=O) groups excluding carboxylic acids is 2. The Labute approximate surface area is 142 Å². The lowest BCUT2D eigenvalue weighted by Crippen LogP contribution is -2.43. The van der Waals surface area contributed by atoms with Crippen LogP contribution in [0.2, 0.25) is 0 Å². The number of hydrogen-bond donors (Lipinski definition) is 2. The third kappa shape index (κ3) is 3.78. The molecule has 1 aliphatic heterocycles. The highest BCUT2D eigenvalue weighted by atomic mass is 16.2. The van der Waals surface area contributed by atoms with E-state index < -0.39 is 0 Å². The minimum Gasteiger partial charge on any atom is -0.356 e. The van der Waals surface area contributed by atoms with Crippen molar-refractivity contribution in [2.75, 3.05) is 19.6 Å². The fourth-order valence-corrected chi connectivity index (χ4v) is 3.35. The third-order valence-corrected chi connectivity index (χ3v) is 4.63. The van der Waals surface area contributed by atoms with Crippen LogP contribution in [-0.4, -0.2) is 41.3 Å². The lowest BCUT2D eigenvalue weighted by atomic mass is 9.97. The molecule has 0 aliphatic carbocycles. The number of aromatic amines is 1. The maximum Gasteiger partial charge on any atom is 0.270 e. The minimum atomic E-state index is 0.0517. The highest BCUT2D eigenvalue weighted by Crippen LogP contribution is 2.20. The molecule has 2 N–H and O–H groups in total. The molecule has 128 valence electrons. The molecule has 0 spiro atoms. The zero-order valence-electron chi connectivity index (χ0n) is 14.2. The molecular formula is C19H25N3O2. The normalized spacial score (nSPS) is 17.9. The van der Waals surface area contributed by atoms with Gasteiger partial charge in [-0.25, -0.2) is 0 Å². The van der Waals surface area contributed by atoms with Gasteiger partial charge in [0.15, 0.2) is 0 Å². The van der Waals surface area contributed by atoms with Gasteiger partial charge in [-0.1, -0.05) is 25.1 Å². The van der Waals surface area contributed by atoms with E-state index in [-0.39, 0.29) is 11.8 Å². The number of nitrogens with zero attached hydrogens (tertiary/aromatic N) is 1. The third-order valence-electron chi connectivity index (χ3n) is 4.63. The molecule has 2 aromatic rings. The monoisotopic (exact) mass is 327 g/mol. The maximum atomic E-state index is 12.8. The molecule has 0 radical (unpaired) electrons. The minimum absolute atomic E-state index is 0.0517. The van der Waals surface area contributed by atoms with Crippen LogP contribution in [0.3, 0.4) is 0 Å². The summed E-state index contributed by atoms with van der Waals surface area (Å²) in [4.78, 5) is 29.5. The van der Waals surface area contributed by atoms with Crippen LogP contribution in [0.1, 0.15) is 43.1 Å². The van der Waals surface area contributed by atoms with Gasteiger partial charge in [-0.2, -0.15) is 0 Å². The summed E-state index contributed by atoms with van der Waals surface area (Å²) in [6.07, 6.45) is 3.48. The van der Waals surface area contributed by atoms with Gasteiger partial charge in [0.25, 0.3) is 5.91 Å². The van der Waals surface area contributed by atoms with E-state index in [0.717, 1.165) is 36.7 Å². The largest absolute Gasteiger partial charge is 0.356 e. The highest BCUT2D eigenvalue weighted by Gasteiger charge is 2.25. The highest BCUT2D eigenvalue weighted by molar-refractivity contribution is 5.98. The van der Waals surface area contributed by atoms with Gasteiger partial charge >= 0.3 is 0 Å². The summed E-state index contributed by atoms with van der Waals surface area (Å²) in [7, 11) is 0. The van der Waals surface area contributed by atoms with Crippen molar-refractivity contribution in [3.63, 3.8) is 0 Å². The number of carbonyl (C=O) groups is 2. The fraction of sp³-hybridized carbons (Fsp3) is 0.474. The van der Waals surface area contributed by atoms with E-state index in [1.807, 2.05) is 42.2 Å². The van der Waals surface area contributed by atoms with Crippen molar-refractivity contribution in [3.05, 3.63) is 36.0 Å². The Morgan fingerprint density at radius 3 is 2.96 bits per heavy atom. The molecular weight excluding hydrogens is 302 g/mol. The summed E-state index contributed by atoms with van der Waals surface area (Å²) < 4.78 is 0. The average molecular weight is 327 g/mol. The molecule has 3 rings (SSSR count). The van der Waals surface area contributed by atoms with E-state index in [0.29, 0.717) is 31.1 Å². The Morgan fingerprint density at radius 2 is 2.17 bits per heavy atom. The molecule has 0 saturated carbocycles. The van der Waals surface area contributed by atoms with E-state index >= 15 is 0 Å². The summed E-state index contributed by atoms with van der Waals surface area (Å²) in [5.74, 6) is 0.500. The summed E-state index contributed by atoms with van der Waals surface area (Å²) >= 11 is 0. The van der Waals surface area contributed by atoms with E-state index in [9.17, 15) is 9.59 Å². The number of H-pyrrole nitrogens is 1. The van der Waals surface area contributed by atoms with Crippen molar-refractivity contribution in [2.24, 2.45) is 5.92 Å². The topological polar surface area (TPSA) is 65.2 Å². The predicted octanol–water partition coefficient (Wildman–Crippen LogP) is 2.94. The molecule has 1 aromatic carbocycles. The molecule has 2 amide bonds. The van der Waals surface area contributed by atoms with Crippen LogP contribution in [-0.2, 0) is 4.79 Å². The molecule has 0 unspecified atom stereocenters. The van der Waals surface area contributed by atoms with E-state index in [4.69, 9.17) is 0 Å². The number of para-hydroxylation sites is 1. The first-order chi connectivity index (χ1) is 11.7. The Hall–Kier alpha value is -2.30. The van der Waals surface area contributed by atoms with Crippen molar-refractivity contribution in [1.29, 1.82) is 0 Å². The quantitative estimate of drug-likeness (QED) is 0.887. The van der Waals surface area contributed by atoms with Gasteiger partial charge in [-0.3, -0.25) is 9.59 Å². The lowest BCUT2D eigenvalue weighted by Gasteiger charge is -2.32. The van der Waals surface area contributed by atoms with Crippen LogP contribution in [0, 0.1) is 5.92 Å². The molecule has 1 aromatic heterocycles. The first-order valence-corrected chi connectivity index (χ1v) is 8.81. The van der Waals surface area contributed by atoms with Gasteiger partial charge in [-0.15, -0.1) is 0 Å². The number of likely N-dealkylation sites (tertiary alicyclic amines) is 1. The van der Waals surface area contributed by atoms with Crippen LogP contribution in [0.5, 0.6) is 0 Å². The number of rotatable bonds is 5. The van der Waals surface area contributed by atoms with E-state index in [1.54, 1.807) is 0 Å². The van der Waals surface area contributed by atoms with E-state index in [1.165, 1.54) is 0 Å². The molecule has 1 aliphatic rings. The van der Waals surface area contributed by atoms with Gasteiger partial charge in [0, 0.05) is 37.0 Å². The van der Waals surface area contributed by atoms with Crippen molar-refractivity contribution in [3.8, 4) is 0 Å². The Bertz CT molecular complexity index is 689. The molecule has 2 heterocycles. The number of fused-ring (bicyclic) bond motifs is 1. The van der Waals surface area contributed by atoms with Gasteiger partial charge in [-0.05, 0) is 37.3 Å². The maximum absolute atomic E-state index is 12.8. The van der Waals surface area contributed by atoms with Gasteiger partial charge in [0.1, 0.15) is 5.69 Å². The molecule has 24 heavy (non-hydrogen) atoms. The summed E-state index contributed by atoms with van der Waals surface area (Å²) in [6.45, 7) is 4.16. The summed E-state index contributed by atoms with van der Waals surface area (Å²) in [5, 5.41) is 4.05. The second-order valence-electron chi connectivity index (χ2n) is 6.58. The van der Waals surface area contributed by atoms with E-state index in [2.05, 4.69) is 10.3 Å².